The average Bonchev–Trinajstić information content (AvgIpc) is 3.42. The molecular formula is C18H15ClN4O3. The van der Waals surface area contributed by atoms with E-state index in [9.17, 15) is 9.59 Å². The zero-order valence-electron chi connectivity index (χ0n) is 13.8. The van der Waals surface area contributed by atoms with Crippen LogP contribution in [0.25, 0.3) is 11.3 Å². The van der Waals surface area contributed by atoms with Crippen LogP contribution >= 0.6 is 11.6 Å². The molecule has 1 aliphatic carbocycles. The van der Waals surface area contributed by atoms with Crippen molar-refractivity contribution in [2.75, 3.05) is 7.11 Å². The highest BCUT2D eigenvalue weighted by Gasteiger charge is 2.42. The standard InChI is InChI=1S/C18H15ClN4O3/c1-26-17-13(12-6-11(12)9-2-4-10(19)5-3-9)7-15(22-23-17)14-8-20-18(25)21-16(14)24/h2-5,7-8,11-12H,6H2,1H3,(H2,20,21,24,25)/t11-,12+/m1/s1. The summed E-state index contributed by atoms with van der Waals surface area (Å²) in [7, 11) is 1.54. The van der Waals surface area contributed by atoms with E-state index >= 15 is 0 Å². The van der Waals surface area contributed by atoms with Crippen molar-refractivity contribution < 1.29 is 4.74 Å². The summed E-state index contributed by atoms with van der Waals surface area (Å²) in [6.07, 6.45) is 2.29. The maximum absolute atomic E-state index is 12.0. The lowest BCUT2D eigenvalue weighted by Crippen LogP contribution is -2.23. The van der Waals surface area contributed by atoms with Gasteiger partial charge in [-0.2, -0.15) is 0 Å². The maximum Gasteiger partial charge on any atom is 0.325 e. The quantitative estimate of drug-likeness (QED) is 0.734. The van der Waals surface area contributed by atoms with Crippen LogP contribution in [-0.4, -0.2) is 27.3 Å². The van der Waals surface area contributed by atoms with Gasteiger partial charge in [0.1, 0.15) is 5.69 Å². The largest absolute Gasteiger partial charge is 0.480 e. The van der Waals surface area contributed by atoms with Crippen LogP contribution in [0.3, 0.4) is 0 Å². The van der Waals surface area contributed by atoms with Crippen LogP contribution in [0.15, 0.2) is 46.1 Å². The van der Waals surface area contributed by atoms with Gasteiger partial charge in [0.2, 0.25) is 5.88 Å². The van der Waals surface area contributed by atoms with Gasteiger partial charge < -0.3 is 9.72 Å². The molecular weight excluding hydrogens is 356 g/mol. The molecule has 0 spiro atoms. The Morgan fingerprint density at radius 2 is 1.92 bits per heavy atom. The summed E-state index contributed by atoms with van der Waals surface area (Å²) in [4.78, 5) is 27.9. The molecule has 0 unspecified atom stereocenters. The minimum atomic E-state index is -0.564. The van der Waals surface area contributed by atoms with Gasteiger partial charge >= 0.3 is 5.69 Å². The van der Waals surface area contributed by atoms with E-state index in [4.69, 9.17) is 16.3 Å². The summed E-state index contributed by atoms with van der Waals surface area (Å²) in [5, 5.41) is 8.86. The van der Waals surface area contributed by atoms with Gasteiger partial charge in [-0.25, -0.2) is 4.79 Å². The molecule has 132 valence electrons. The molecule has 0 radical (unpaired) electrons. The molecule has 0 saturated heterocycles. The molecule has 3 aromatic rings. The molecule has 7 nitrogen and oxygen atoms in total. The number of nitrogens with one attached hydrogen (secondary N) is 2. The van der Waals surface area contributed by atoms with E-state index in [-0.39, 0.29) is 11.5 Å². The predicted molar refractivity (Wildman–Crippen MR) is 96.8 cm³/mol. The van der Waals surface area contributed by atoms with Gasteiger partial charge in [0, 0.05) is 16.8 Å². The van der Waals surface area contributed by atoms with Crippen LogP contribution in [0.4, 0.5) is 0 Å². The number of aromatic amines is 2. The summed E-state index contributed by atoms with van der Waals surface area (Å²) >= 11 is 5.96. The van der Waals surface area contributed by atoms with E-state index in [0.29, 0.717) is 22.5 Å². The molecule has 1 aromatic carbocycles. The molecule has 0 bridgehead atoms. The molecule has 2 N–H and O–H groups in total. The van der Waals surface area contributed by atoms with Crippen molar-refractivity contribution in [2.45, 2.75) is 18.3 Å². The van der Waals surface area contributed by atoms with E-state index < -0.39 is 11.2 Å². The fourth-order valence-electron chi connectivity index (χ4n) is 3.17. The fourth-order valence-corrected chi connectivity index (χ4v) is 3.29. The van der Waals surface area contributed by atoms with E-state index in [2.05, 4.69) is 20.2 Å². The lowest BCUT2D eigenvalue weighted by molar-refractivity contribution is 0.386. The molecule has 2 heterocycles. The number of rotatable bonds is 4. The average molecular weight is 371 g/mol. The Bertz CT molecular complexity index is 1070. The Balaban J connectivity index is 1.71. The molecule has 8 heteroatoms. The molecule has 1 saturated carbocycles. The highest BCUT2D eigenvalue weighted by Crippen LogP contribution is 2.56. The maximum atomic E-state index is 12.0. The van der Waals surface area contributed by atoms with Crippen molar-refractivity contribution in [2.24, 2.45) is 0 Å². The van der Waals surface area contributed by atoms with Gasteiger partial charge in [-0.15, -0.1) is 10.2 Å². The molecule has 2 atom stereocenters. The molecule has 0 amide bonds. The van der Waals surface area contributed by atoms with Crippen molar-refractivity contribution in [3.63, 3.8) is 0 Å². The number of hydrogen-bond donors (Lipinski definition) is 2. The van der Waals surface area contributed by atoms with Gasteiger partial charge in [-0.1, -0.05) is 23.7 Å². The van der Waals surface area contributed by atoms with Crippen molar-refractivity contribution in [1.29, 1.82) is 0 Å². The minimum Gasteiger partial charge on any atom is -0.480 e. The normalized spacial score (nSPS) is 18.5. The summed E-state index contributed by atoms with van der Waals surface area (Å²) < 4.78 is 5.35. The SMILES string of the molecule is COc1nnc(-c2c[nH]c(=O)[nH]c2=O)cc1[C@H]1C[C@@H]1c1ccc(Cl)cc1. The van der Waals surface area contributed by atoms with Crippen LogP contribution in [0, 0.1) is 0 Å². The zero-order valence-corrected chi connectivity index (χ0v) is 14.6. The highest BCUT2D eigenvalue weighted by atomic mass is 35.5. The first-order valence-electron chi connectivity index (χ1n) is 8.06. The van der Waals surface area contributed by atoms with Crippen LogP contribution in [-0.2, 0) is 0 Å². The number of methoxy groups -OCH3 is 1. The summed E-state index contributed by atoms with van der Waals surface area (Å²) in [5.41, 5.74) is 1.66. The van der Waals surface area contributed by atoms with Crippen molar-refractivity contribution in [3.05, 3.63) is 73.5 Å². The van der Waals surface area contributed by atoms with Crippen LogP contribution < -0.4 is 16.0 Å². The Kier molecular flexibility index (Phi) is 4.08. The predicted octanol–water partition coefficient (Wildman–Crippen LogP) is 2.45. The van der Waals surface area contributed by atoms with E-state index in [1.807, 2.05) is 24.3 Å². The van der Waals surface area contributed by atoms with Crippen molar-refractivity contribution in [1.82, 2.24) is 20.2 Å². The summed E-state index contributed by atoms with van der Waals surface area (Å²) in [6.45, 7) is 0. The molecule has 2 aromatic heterocycles. The number of nitrogens with zero attached hydrogens (tertiary/aromatic N) is 2. The summed E-state index contributed by atoms with van der Waals surface area (Å²) in [6, 6.07) is 9.58. The van der Waals surface area contributed by atoms with Gasteiger partial charge in [0.25, 0.3) is 5.56 Å². The molecule has 0 aliphatic heterocycles. The first-order valence-corrected chi connectivity index (χ1v) is 8.44. The third-order valence-electron chi connectivity index (χ3n) is 4.56. The number of hydrogen-bond acceptors (Lipinski definition) is 5. The van der Waals surface area contributed by atoms with E-state index in [1.54, 1.807) is 13.2 Å². The van der Waals surface area contributed by atoms with Gasteiger partial charge in [0.15, 0.2) is 0 Å². The first kappa shape index (κ1) is 16.5. The molecule has 4 rings (SSSR count). The fraction of sp³-hybridized carbons (Fsp3) is 0.222. The van der Waals surface area contributed by atoms with Crippen LogP contribution in [0.1, 0.15) is 29.4 Å². The second-order valence-corrected chi connectivity index (χ2v) is 6.62. The van der Waals surface area contributed by atoms with Crippen LogP contribution in [0.5, 0.6) is 5.88 Å². The number of halogens is 1. The molecule has 1 aliphatic rings. The first-order chi connectivity index (χ1) is 12.6. The lowest BCUT2D eigenvalue weighted by atomic mass is 10.0. The third kappa shape index (κ3) is 3.01. The molecule has 1 fully saturated rings. The van der Waals surface area contributed by atoms with Crippen LogP contribution in [0.2, 0.25) is 5.02 Å². The summed E-state index contributed by atoms with van der Waals surface area (Å²) in [5.74, 6) is 1.00. The van der Waals surface area contributed by atoms with E-state index in [0.717, 1.165) is 12.0 Å². The second kappa shape index (κ2) is 6.42. The Morgan fingerprint density at radius 1 is 1.15 bits per heavy atom. The van der Waals surface area contributed by atoms with Crippen molar-refractivity contribution in [3.8, 4) is 17.1 Å². The van der Waals surface area contributed by atoms with E-state index in [1.165, 1.54) is 11.8 Å². The molecule has 26 heavy (non-hydrogen) atoms. The van der Waals surface area contributed by atoms with Crippen molar-refractivity contribution >= 4 is 11.6 Å². The minimum absolute atomic E-state index is 0.224. The van der Waals surface area contributed by atoms with Gasteiger partial charge in [0.05, 0.1) is 12.7 Å². The second-order valence-electron chi connectivity index (χ2n) is 6.18. The Labute approximate surface area is 153 Å². The monoisotopic (exact) mass is 370 g/mol. The topological polar surface area (TPSA) is 101 Å². The zero-order chi connectivity index (χ0) is 18.3. The van der Waals surface area contributed by atoms with Gasteiger partial charge in [-0.05, 0) is 42.0 Å². The smallest absolute Gasteiger partial charge is 0.325 e. The number of ether oxygens (including phenoxy) is 1. The highest BCUT2D eigenvalue weighted by molar-refractivity contribution is 6.30. The number of benzene rings is 1. The lowest BCUT2D eigenvalue weighted by Gasteiger charge is -2.08. The Hall–Kier alpha value is -2.93. The number of H-pyrrole nitrogens is 2. The Morgan fingerprint density at radius 3 is 2.62 bits per heavy atom. The number of aromatic nitrogens is 4. The van der Waals surface area contributed by atoms with Gasteiger partial charge in [-0.3, -0.25) is 9.78 Å². The third-order valence-corrected chi connectivity index (χ3v) is 4.82.